The number of ketones is 4. The van der Waals surface area contributed by atoms with Gasteiger partial charge in [0, 0.05) is 130 Å². The monoisotopic (exact) mass is 1380 g/mol. The van der Waals surface area contributed by atoms with Crippen molar-refractivity contribution in [3.8, 4) is 0 Å². The van der Waals surface area contributed by atoms with Gasteiger partial charge >= 0.3 is 0 Å². The molecule has 2 aromatic carbocycles. The topological polar surface area (TPSA) is 197 Å². The SMILES string of the molecule is CC(C)(C)C1=CC(=CNCCCCNC=C2C=C(C(C)(C)C)C=C(C(C)(C)C)C2=O)C(=O)C(C(C)(C)C)=C1.CC(C)(C)C1=CC(=CNCCCCNC=C2C=C(C(C)(C)C)C=C(C(C)(C)C)C2=O)C(=O)C(C(C)(C)C)=C1.O[PH+](O)c1ccccc1.O[PH+](O)c1ccccc1.[Al].[Al]. The highest BCUT2D eigenvalue weighted by molar-refractivity contribution is 7.54. The van der Waals surface area contributed by atoms with Gasteiger partial charge in [-0.3, -0.25) is 19.2 Å². The van der Waals surface area contributed by atoms with Crippen LogP contribution in [0.1, 0.15) is 192 Å². The second-order valence-corrected chi connectivity index (χ2v) is 35.4. The van der Waals surface area contributed by atoms with Crippen LogP contribution in [0.3, 0.4) is 0 Å². The lowest BCUT2D eigenvalue weighted by Crippen LogP contribution is -2.25. The summed E-state index contributed by atoms with van der Waals surface area (Å²) in [7, 11) is -4.42. The van der Waals surface area contributed by atoms with Crippen LogP contribution in [-0.2, 0) is 19.2 Å². The highest BCUT2D eigenvalue weighted by Gasteiger charge is 2.35. The first-order chi connectivity index (χ1) is 43.1. The molecular formula is C80H120Al2N4O8P2+2. The second kappa shape index (κ2) is 38.0. The third-order valence-electron chi connectivity index (χ3n) is 16.0. The molecule has 6 radical (unpaired) electrons. The zero-order valence-corrected chi connectivity index (χ0v) is 67.2. The highest BCUT2D eigenvalue weighted by atomic mass is 31.2. The smallest absolute Gasteiger partial charge is 0.287 e. The van der Waals surface area contributed by atoms with Crippen molar-refractivity contribution in [2.24, 2.45) is 43.3 Å². The molecule has 4 aliphatic rings. The molecular weight excluding hydrogens is 1260 g/mol. The van der Waals surface area contributed by atoms with Gasteiger partial charge < -0.3 is 21.3 Å². The van der Waals surface area contributed by atoms with Crippen LogP contribution in [0.5, 0.6) is 0 Å². The zero-order valence-electron chi connectivity index (χ0n) is 62.9. The van der Waals surface area contributed by atoms with Crippen molar-refractivity contribution in [3.63, 3.8) is 0 Å². The standard InChI is InChI=1S/2C34H52N2O2.2C6H7O2P.2Al/c2*1-31(2,3)25-17-23(29(37)27(19-25)33(7,8)9)21-35-15-13-14-16-36-22-24-18-26(32(4,5)6)20-28(30(24)38)34(10,11)12;2*7-9(8)6-4-2-1-3-5-6;;/h2*17-22,35-36H,13-16H2,1-12H3;2*1-5,7-8H;;/p+2. The van der Waals surface area contributed by atoms with Crippen molar-refractivity contribution >= 4 is 85.2 Å². The third-order valence-corrected chi connectivity index (χ3v) is 17.7. The van der Waals surface area contributed by atoms with Crippen molar-refractivity contribution in [1.82, 2.24) is 21.3 Å². The Kier molecular flexibility index (Phi) is 35.2. The Balaban J connectivity index is 0.000000745. The van der Waals surface area contributed by atoms with Gasteiger partial charge in [-0.05, 0) is 140 Å². The molecule has 0 bridgehead atoms. The number of rotatable bonds is 16. The van der Waals surface area contributed by atoms with Gasteiger partial charge in [0.15, 0.2) is 23.1 Å². The Morgan fingerprint density at radius 1 is 0.292 bits per heavy atom. The molecule has 0 saturated heterocycles. The predicted octanol–water partition coefficient (Wildman–Crippen LogP) is 15.5. The predicted molar refractivity (Wildman–Crippen MR) is 412 cm³/mol. The van der Waals surface area contributed by atoms with E-state index in [-0.39, 0.29) is 101 Å². The van der Waals surface area contributed by atoms with Gasteiger partial charge in [-0.25, -0.2) is 19.6 Å². The molecule has 0 heterocycles. The minimum Gasteiger partial charge on any atom is -0.390 e. The number of allylic oxidation sites excluding steroid dienone is 20. The van der Waals surface area contributed by atoms with Crippen molar-refractivity contribution in [2.75, 3.05) is 26.2 Å². The van der Waals surface area contributed by atoms with Crippen LogP contribution in [0.25, 0.3) is 0 Å². The van der Waals surface area contributed by atoms with Gasteiger partial charge in [0.1, 0.15) is 10.6 Å². The fraction of sp³-hybridized carbons (Fsp3) is 0.500. The highest BCUT2D eigenvalue weighted by Crippen LogP contribution is 2.42. The number of carbonyl (C=O) groups excluding carboxylic acids is 4. The summed E-state index contributed by atoms with van der Waals surface area (Å²) in [5, 5.41) is 14.7. The van der Waals surface area contributed by atoms with E-state index in [0.29, 0.717) is 10.6 Å². The molecule has 522 valence electrons. The minimum absolute atomic E-state index is 0. The average Bonchev–Trinajstić information content (AvgIpc) is 0.818. The number of unbranched alkanes of at least 4 members (excludes halogenated alkanes) is 2. The van der Waals surface area contributed by atoms with Crippen LogP contribution in [0, 0.1) is 43.3 Å². The Morgan fingerprint density at radius 2 is 0.469 bits per heavy atom. The summed E-state index contributed by atoms with van der Waals surface area (Å²) in [4.78, 5) is 87.2. The molecule has 0 atom stereocenters. The van der Waals surface area contributed by atoms with Crippen molar-refractivity contribution in [1.29, 1.82) is 0 Å². The Labute approximate surface area is 603 Å². The first-order valence-corrected chi connectivity index (χ1v) is 36.2. The van der Waals surface area contributed by atoms with Crippen LogP contribution in [-0.4, -0.2) is 104 Å². The van der Waals surface area contributed by atoms with E-state index in [2.05, 4.69) is 212 Å². The summed E-state index contributed by atoms with van der Waals surface area (Å²) in [5.41, 5.74) is 10.2. The van der Waals surface area contributed by atoms with Gasteiger partial charge in [0.2, 0.25) is 0 Å². The molecule has 0 saturated carbocycles. The minimum atomic E-state index is -2.21. The fourth-order valence-corrected chi connectivity index (χ4v) is 10.8. The molecule has 16 heteroatoms. The first-order valence-electron chi connectivity index (χ1n) is 33.4. The molecule has 0 spiro atoms. The van der Waals surface area contributed by atoms with Gasteiger partial charge in [-0.1, -0.05) is 227 Å². The molecule has 4 aliphatic carbocycles. The van der Waals surface area contributed by atoms with Crippen LogP contribution in [0.4, 0.5) is 0 Å². The van der Waals surface area contributed by atoms with Crippen LogP contribution >= 0.6 is 16.8 Å². The van der Waals surface area contributed by atoms with E-state index in [9.17, 15) is 19.2 Å². The Bertz CT molecular complexity index is 2950. The zero-order chi connectivity index (χ0) is 71.6. The first kappa shape index (κ1) is 89.0. The third kappa shape index (κ3) is 29.4. The number of hydrogen-bond acceptors (Lipinski definition) is 12. The number of hydrogen-bond donors (Lipinski definition) is 8. The maximum Gasteiger partial charge on any atom is 0.287 e. The quantitative estimate of drug-likeness (QED) is 0.0343. The molecule has 8 N–H and O–H groups in total. The summed E-state index contributed by atoms with van der Waals surface area (Å²) in [6, 6.07) is 17.6. The summed E-state index contributed by atoms with van der Waals surface area (Å²) in [6.07, 6.45) is 27.8. The summed E-state index contributed by atoms with van der Waals surface area (Å²) < 4.78 is 0. The molecule has 0 unspecified atom stereocenters. The Morgan fingerprint density at radius 3 is 0.604 bits per heavy atom. The average molecular weight is 1380 g/mol. The van der Waals surface area contributed by atoms with Crippen molar-refractivity contribution < 1.29 is 38.8 Å². The van der Waals surface area contributed by atoms with Gasteiger partial charge in [0.25, 0.3) is 16.8 Å². The maximum atomic E-state index is 13.1. The van der Waals surface area contributed by atoms with Crippen LogP contribution in [0.15, 0.2) is 201 Å². The molecule has 96 heavy (non-hydrogen) atoms. The summed E-state index contributed by atoms with van der Waals surface area (Å²) >= 11 is 0. The molecule has 0 amide bonds. The van der Waals surface area contributed by atoms with E-state index in [4.69, 9.17) is 19.6 Å². The fourth-order valence-electron chi connectivity index (χ4n) is 9.81. The second-order valence-electron chi connectivity index (χ2n) is 33.0. The number of Topliss-reactive ketones (excluding diaryl/α,β-unsaturated/α-hetero) is 4. The van der Waals surface area contributed by atoms with Gasteiger partial charge in [-0.15, -0.1) is 0 Å². The summed E-state index contributed by atoms with van der Waals surface area (Å²) in [5.74, 6) is 0.425. The van der Waals surface area contributed by atoms with Crippen molar-refractivity contribution in [3.05, 3.63) is 201 Å². The maximum absolute atomic E-state index is 13.1. The molecule has 0 aliphatic heterocycles. The van der Waals surface area contributed by atoms with E-state index >= 15 is 0 Å². The molecule has 12 nitrogen and oxygen atoms in total. The lowest BCUT2D eigenvalue weighted by molar-refractivity contribution is -0.113. The van der Waals surface area contributed by atoms with E-state index in [0.717, 1.165) is 96.4 Å². The number of carbonyl (C=O) groups is 4. The lowest BCUT2D eigenvalue weighted by Gasteiger charge is -2.30. The van der Waals surface area contributed by atoms with Crippen molar-refractivity contribution in [2.45, 2.75) is 192 Å². The molecule has 0 fully saturated rings. The normalized spacial score (nSPS) is 17.6. The van der Waals surface area contributed by atoms with E-state index in [1.54, 1.807) is 48.5 Å². The summed E-state index contributed by atoms with van der Waals surface area (Å²) in [6.45, 7) is 54.4. The Hall–Kier alpha value is -5.04. The van der Waals surface area contributed by atoms with E-state index < -0.39 is 16.8 Å². The lowest BCUT2D eigenvalue weighted by atomic mass is 9.73. The number of nitrogens with one attached hydrogen (secondary N) is 4. The molecule has 0 aromatic heterocycles. The van der Waals surface area contributed by atoms with Gasteiger partial charge in [-0.2, -0.15) is 0 Å². The molecule has 6 rings (SSSR count). The van der Waals surface area contributed by atoms with Crippen LogP contribution in [0.2, 0.25) is 0 Å². The van der Waals surface area contributed by atoms with Crippen LogP contribution < -0.4 is 31.9 Å². The number of benzene rings is 2. The molecule has 2 aromatic rings. The van der Waals surface area contributed by atoms with E-state index in [1.165, 1.54) is 22.3 Å². The van der Waals surface area contributed by atoms with Gasteiger partial charge in [0.05, 0.1) is 0 Å². The van der Waals surface area contributed by atoms with E-state index in [1.807, 2.05) is 61.2 Å². The largest absolute Gasteiger partial charge is 0.390 e.